The molecule has 1 aromatic carbocycles. The predicted molar refractivity (Wildman–Crippen MR) is 87.0 cm³/mol. The molecule has 3 rings (SSSR count). The molecule has 0 aromatic heterocycles. The second-order valence-electron chi connectivity index (χ2n) is 5.81. The quantitative estimate of drug-likeness (QED) is 0.818. The summed E-state index contributed by atoms with van der Waals surface area (Å²) < 4.78 is 11.7. The SMILES string of the molecule is CCO[C@@H]1C[C@@H](NC(=O)CSc2ccccc2)[C@@]12CCCO2. The van der Waals surface area contributed by atoms with Crippen molar-refractivity contribution >= 4 is 17.7 Å². The molecule has 2 fully saturated rings. The van der Waals surface area contributed by atoms with Gasteiger partial charge in [-0.05, 0) is 38.3 Å². The topological polar surface area (TPSA) is 47.6 Å². The van der Waals surface area contributed by atoms with Crippen LogP contribution in [0.3, 0.4) is 0 Å². The minimum atomic E-state index is -0.275. The van der Waals surface area contributed by atoms with Crippen LogP contribution >= 0.6 is 11.8 Å². The first-order chi connectivity index (χ1) is 10.7. The zero-order valence-electron chi connectivity index (χ0n) is 12.9. The fraction of sp³-hybridized carbons (Fsp3) is 0.588. The summed E-state index contributed by atoms with van der Waals surface area (Å²) in [6, 6.07) is 10.1. The van der Waals surface area contributed by atoms with E-state index in [4.69, 9.17) is 9.47 Å². The molecule has 120 valence electrons. The Hall–Kier alpha value is -1.04. The standard InChI is InChI=1S/C17H23NO3S/c1-2-20-15-11-14(17(15)9-6-10-21-17)18-16(19)12-22-13-7-4-3-5-8-13/h3-5,7-8,14-15H,2,6,9-12H2,1H3,(H,18,19)/t14-,15-,17+/m1/s1. The molecule has 1 aromatic rings. The fourth-order valence-electron chi connectivity index (χ4n) is 3.38. The highest BCUT2D eigenvalue weighted by Gasteiger charge is 2.59. The number of ether oxygens (including phenoxy) is 2. The van der Waals surface area contributed by atoms with Gasteiger partial charge in [-0.1, -0.05) is 18.2 Å². The summed E-state index contributed by atoms with van der Waals surface area (Å²) in [5.41, 5.74) is -0.275. The van der Waals surface area contributed by atoms with Gasteiger partial charge >= 0.3 is 0 Å². The molecular formula is C17H23NO3S. The minimum Gasteiger partial charge on any atom is -0.375 e. The third kappa shape index (κ3) is 3.16. The van der Waals surface area contributed by atoms with Crippen LogP contribution in [0.2, 0.25) is 0 Å². The molecule has 0 unspecified atom stereocenters. The average molecular weight is 321 g/mol. The number of amides is 1. The molecule has 1 aliphatic carbocycles. The number of carbonyl (C=O) groups excluding carboxylic acids is 1. The molecule has 1 saturated heterocycles. The zero-order valence-corrected chi connectivity index (χ0v) is 13.7. The summed E-state index contributed by atoms with van der Waals surface area (Å²) in [6.07, 6.45) is 3.02. The Labute approximate surface area is 135 Å². The Bertz CT molecular complexity index is 502. The lowest BCUT2D eigenvalue weighted by atomic mass is 9.70. The van der Waals surface area contributed by atoms with Crippen molar-refractivity contribution in [2.24, 2.45) is 0 Å². The maximum atomic E-state index is 12.2. The van der Waals surface area contributed by atoms with E-state index < -0.39 is 0 Å². The molecule has 4 nitrogen and oxygen atoms in total. The largest absolute Gasteiger partial charge is 0.375 e. The highest BCUT2D eigenvalue weighted by molar-refractivity contribution is 8.00. The molecule has 1 amide bonds. The Morgan fingerprint density at radius 1 is 1.45 bits per heavy atom. The van der Waals surface area contributed by atoms with Crippen molar-refractivity contribution in [3.63, 3.8) is 0 Å². The van der Waals surface area contributed by atoms with Crippen LogP contribution in [0.25, 0.3) is 0 Å². The third-order valence-electron chi connectivity index (χ3n) is 4.48. The second kappa shape index (κ2) is 7.02. The molecule has 3 atom stereocenters. The number of thioether (sulfide) groups is 1. The van der Waals surface area contributed by atoms with E-state index in [1.807, 2.05) is 37.3 Å². The van der Waals surface area contributed by atoms with E-state index in [2.05, 4.69) is 5.32 Å². The van der Waals surface area contributed by atoms with Crippen LogP contribution in [0.15, 0.2) is 35.2 Å². The van der Waals surface area contributed by atoms with Gasteiger partial charge in [0, 0.05) is 18.1 Å². The number of carbonyl (C=O) groups is 1. The van der Waals surface area contributed by atoms with Gasteiger partial charge < -0.3 is 14.8 Å². The minimum absolute atomic E-state index is 0.0728. The molecule has 1 spiro atoms. The Morgan fingerprint density at radius 3 is 2.95 bits per heavy atom. The Morgan fingerprint density at radius 2 is 2.27 bits per heavy atom. The summed E-state index contributed by atoms with van der Waals surface area (Å²) in [5, 5.41) is 3.14. The first-order valence-corrected chi connectivity index (χ1v) is 8.96. The highest BCUT2D eigenvalue weighted by atomic mass is 32.2. The Balaban J connectivity index is 1.51. The molecule has 0 bridgehead atoms. The van der Waals surface area contributed by atoms with Crippen LogP contribution in [-0.4, -0.2) is 42.6 Å². The fourth-order valence-corrected chi connectivity index (χ4v) is 4.11. The Kier molecular flexibility index (Phi) is 5.06. The lowest BCUT2D eigenvalue weighted by Gasteiger charge is -2.52. The molecule has 2 aliphatic rings. The van der Waals surface area contributed by atoms with Crippen molar-refractivity contribution in [1.82, 2.24) is 5.32 Å². The van der Waals surface area contributed by atoms with Crippen LogP contribution in [0.5, 0.6) is 0 Å². The molecule has 0 radical (unpaired) electrons. The van der Waals surface area contributed by atoms with Gasteiger partial charge in [0.25, 0.3) is 0 Å². The first-order valence-electron chi connectivity index (χ1n) is 7.97. The number of rotatable bonds is 6. The summed E-state index contributed by atoms with van der Waals surface area (Å²) in [7, 11) is 0. The van der Waals surface area contributed by atoms with E-state index in [1.165, 1.54) is 0 Å². The molecule has 1 N–H and O–H groups in total. The summed E-state index contributed by atoms with van der Waals surface area (Å²) in [6.45, 7) is 3.47. The molecule has 1 heterocycles. The lowest BCUT2D eigenvalue weighted by Crippen LogP contribution is -2.69. The molecule has 1 saturated carbocycles. The van der Waals surface area contributed by atoms with E-state index in [0.717, 1.165) is 30.8 Å². The van der Waals surface area contributed by atoms with Crippen molar-refractivity contribution in [1.29, 1.82) is 0 Å². The molecule has 22 heavy (non-hydrogen) atoms. The maximum absolute atomic E-state index is 12.2. The van der Waals surface area contributed by atoms with Gasteiger partial charge in [0.2, 0.25) is 5.91 Å². The monoisotopic (exact) mass is 321 g/mol. The number of nitrogens with one attached hydrogen (secondary N) is 1. The van der Waals surface area contributed by atoms with E-state index in [0.29, 0.717) is 12.4 Å². The van der Waals surface area contributed by atoms with Crippen molar-refractivity contribution in [2.75, 3.05) is 19.0 Å². The summed E-state index contributed by atoms with van der Waals surface area (Å²) in [5.74, 6) is 0.513. The van der Waals surface area contributed by atoms with Crippen LogP contribution in [-0.2, 0) is 14.3 Å². The van der Waals surface area contributed by atoms with Gasteiger partial charge in [-0.2, -0.15) is 0 Å². The predicted octanol–water partition coefficient (Wildman–Crippen LogP) is 2.62. The van der Waals surface area contributed by atoms with Gasteiger partial charge in [-0.15, -0.1) is 11.8 Å². The highest BCUT2D eigenvalue weighted by Crippen LogP contribution is 2.45. The number of benzene rings is 1. The van der Waals surface area contributed by atoms with Crippen LogP contribution in [0, 0.1) is 0 Å². The van der Waals surface area contributed by atoms with Gasteiger partial charge in [0.15, 0.2) is 0 Å². The summed E-state index contributed by atoms with van der Waals surface area (Å²) >= 11 is 1.56. The lowest BCUT2D eigenvalue weighted by molar-refractivity contribution is -0.198. The van der Waals surface area contributed by atoms with Gasteiger partial charge in [-0.25, -0.2) is 0 Å². The molecular weight excluding hydrogens is 298 g/mol. The van der Waals surface area contributed by atoms with Crippen molar-refractivity contribution in [3.05, 3.63) is 30.3 Å². The first kappa shape index (κ1) is 15.8. The number of hydrogen-bond acceptors (Lipinski definition) is 4. The second-order valence-corrected chi connectivity index (χ2v) is 6.86. The zero-order chi connectivity index (χ0) is 15.4. The van der Waals surface area contributed by atoms with E-state index in [1.54, 1.807) is 11.8 Å². The maximum Gasteiger partial charge on any atom is 0.230 e. The smallest absolute Gasteiger partial charge is 0.230 e. The van der Waals surface area contributed by atoms with E-state index in [9.17, 15) is 4.79 Å². The van der Waals surface area contributed by atoms with Crippen molar-refractivity contribution in [3.8, 4) is 0 Å². The van der Waals surface area contributed by atoms with Crippen LogP contribution in [0.4, 0.5) is 0 Å². The third-order valence-corrected chi connectivity index (χ3v) is 5.50. The average Bonchev–Trinajstić information content (AvgIpc) is 3.06. The van der Waals surface area contributed by atoms with Gasteiger partial charge in [-0.3, -0.25) is 4.79 Å². The van der Waals surface area contributed by atoms with Gasteiger partial charge in [0.05, 0.1) is 17.9 Å². The van der Waals surface area contributed by atoms with Gasteiger partial charge in [0.1, 0.15) is 5.60 Å². The molecule has 1 aliphatic heterocycles. The summed E-state index contributed by atoms with van der Waals surface area (Å²) in [4.78, 5) is 13.3. The van der Waals surface area contributed by atoms with Crippen LogP contribution in [0.1, 0.15) is 26.2 Å². The van der Waals surface area contributed by atoms with Crippen molar-refractivity contribution < 1.29 is 14.3 Å². The molecule has 5 heteroatoms. The van der Waals surface area contributed by atoms with E-state index >= 15 is 0 Å². The van der Waals surface area contributed by atoms with Crippen LogP contribution < -0.4 is 5.32 Å². The van der Waals surface area contributed by atoms with Crippen molar-refractivity contribution in [2.45, 2.75) is 48.8 Å². The number of hydrogen-bond donors (Lipinski definition) is 1. The van der Waals surface area contributed by atoms with E-state index in [-0.39, 0.29) is 23.7 Å². The normalized spacial score (nSPS) is 30.2.